The molecule has 0 aliphatic heterocycles. The Morgan fingerprint density at radius 1 is 1.62 bits per heavy atom. The van der Waals surface area contributed by atoms with Crippen molar-refractivity contribution in [2.75, 3.05) is 18.5 Å². The second-order valence-electron chi connectivity index (χ2n) is 2.90. The fourth-order valence-corrected chi connectivity index (χ4v) is 0.956. The Morgan fingerprint density at radius 2 is 2.38 bits per heavy atom. The van der Waals surface area contributed by atoms with Gasteiger partial charge in [-0.15, -0.1) is 0 Å². The van der Waals surface area contributed by atoms with E-state index in [4.69, 9.17) is 10.2 Å². The van der Waals surface area contributed by atoms with Crippen LogP contribution in [0.1, 0.15) is 5.69 Å². The van der Waals surface area contributed by atoms with Crippen molar-refractivity contribution in [2.45, 2.75) is 13.0 Å². The minimum atomic E-state index is -0.714. The lowest BCUT2D eigenvalue weighted by Gasteiger charge is -2.09. The zero-order chi connectivity index (χ0) is 9.68. The fourth-order valence-electron chi connectivity index (χ4n) is 0.956. The minimum Gasteiger partial charge on any atom is -0.394 e. The van der Waals surface area contributed by atoms with E-state index in [2.05, 4.69) is 10.3 Å². The largest absolute Gasteiger partial charge is 0.394 e. The van der Waals surface area contributed by atoms with Gasteiger partial charge in [-0.05, 0) is 19.1 Å². The molecule has 0 radical (unpaired) electrons. The van der Waals surface area contributed by atoms with Gasteiger partial charge in [0.15, 0.2) is 0 Å². The maximum absolute atomic E-state index is 9.06. The lowest BCUT2D eigenvalue weighted by Crippen LogP contribution is -2.22. The van der Waals surface area contributed by atoms with Gasteiger partial charge in [0.1, 0.15) is 0 Å². The summed E-state index contributed by atoms with van der Waals surface area (Å²) in [6.07, 6.45) is 0.983. The maximum Gasteiger partial charge on any atom is 0.0942 e. The summed E-state index contributed by atoms with van der Waals surface area (Å²) in [6.45, 7) is 2.02. The average molecular weight is 182 g/mol. The zero-order valence-corrected chi connectivity index (χ0v) is 7.57. The Balaban J connectivity index is 2.45. The van der Waals surface area contributed by atoms with Crippen molar-refractivity contribution in [1.82, 2.24) is 4.98 Å². The van der Waals surface area contributed by atoms with Gasteiger partial charge in [-0.1, -0.05) is 0 Å². The van der Waals surface area contributed by atoms with E-state index in [-0.39, 0.29) is 6.61 Å². The van der Waals surface area contributed by atoms with Crippen LogP contribution in [0.4, 0.5) is 5.69 Å². The summed E-state index contributed by atoms with van der Waals surface area (Å²) in [6, 6.07) is 3.70. The molecule has 0 amide bonds. The predicted octanol–water partition coefficient (Wildman–Crippen LogP) is 0.155. The van der Waals surface area contributed by atoms with Crippen molar-refractivity contribution in [3.8, 4) is 0 Å². The summed E-state index contributed by atoms with van der Waals surface area (Å²) in [5.41, 5.74) is 1.82. The van der Waals surface area contributed by atoms with E-state index in [1.807, 2.05) is 19.1 Å². The molecule has 1 heterocycles. The number of aliphatic hydroxyl groups excluding tert-OH is 2. The van der Waals surface area contributed by atoms with Gasteiger partial charge in [-0.2, -0.15) is 0 Å². The van der Waals surface area contributed by atoms with Crippen molar-refractivity contribution >= 4 is 5.69 Å². The summed E-state index contributed by atoms with van der Waals surface area (Å²) in [5, 5.41) is 20.6. The quantitative estimate of drug-likeness (QED) is 0.620. The molecule has 1 unspecified atom stereocenters. The summed E-state index contributed by atoms with van der Waals surface area (Å²) in [4.78, 5) is 4.04. The monoisotopic (exact) mass is 182 g/mol. The van der Waals surface area contributed by atoms with Gasteiger partial charge >= 0.3 is 0 Å². The number of aromatic nitrogens is 1. The molecule has 0 bridgehead atoms. The van der Waals surface area contributed by atoms with Crippen molar-refractivity contribution in [3.63, 3.8) is 0 Å². The third kappa shape index (κ3) is 3.40. The van der Waals surface area contributed by atoms with Crippen molar-refractivity contribution in [1.29, 1.82) is 0 Å². The molecule has 1 aromatic rings. The molecule has 1 atom stereocenters. The normalized spacial score (nSPS) is 12.5. The van der Waals surface area contributed by atoms with E-state index in [1.165, 1.54) is 0 Å². The molecule has 1 aromatic heterocycles. The van der Waals surface area contributed by atoms with Gasteiger partial charge in [-0.3, -0.25) is 4.98 Å². The standard InChI is InChI=1S/C9H14N2O2/c1-7-4-8(2-3-10-7)11-5-9(13)6-12/h2-4,9,12-13H,5-6H2,1H3,(H,10,11). The van der Waals surface area contributed by atoms with Gasteiger partial charge in [0.05, 0.1) is 12.7 Å². The van der Waals surface area contributed by atoms with Crippen molar-refractivity contribution in [3.05, 3.63) is 24.0 Å². The van der Waals surface area contributed by atoms with Crippen LogP contribution < -0.4 is 5.32 Å². The highest BCUT2D eigenvalue weighted by Gasteiger charge is 2.00. The van der Waals surface area contributed by atoms with E-state index in [9.17, 15) is 0 Å². The Morgan fingerprint density at radius 3 is 3.00 bits per heavy atom. The van der Waals surface area contributed by atoms with Crippen molar-refractivity contribution < 1.29 is 10.2 Å². The number of nitrogens with one attached hydrogen (secondary N) is 1. The van der Waals surface area contributed by atoms with E-state index in [1.54, 1.807) is 6.20 Å². The van der Waals surface area contributed by atoms with Crippen LogP contribution in [0.3, 0.4) is 0 Å². The summed E-state index contributed by atoms with van der Waals surface area (Å²) in [7, 11) is 0. The number of aliphatic hydroxyl groups is 2. The number of hydrogen-bond donors (Lipinski definition) is 3. The smallest absolute Gasteiger partial charge is 0.0942 e. The molecule has 1 rings (SSSR count). The van der Waals surface area contributed by atoms with Gasteiger partial charge in [0, 0.05) is 24.1 Å². The molecule has 4 heteroatoms. The van der Waals surface area contributed by atoms with Gasteiger partial charge in [-0.25, -0.2) is 0 Å². The van der Waals surface area contributed by atoms with Crippen LogP contribution >= 0.6 is 0 Å². The van der Waals surface area contributed by atoms with Crippen LogP contribution in [0.5, 0.6) is 0 Å². The van der Waals surface area contributed by atoms with E-state index < -0.39 is 6.10 Å². The number of aryl methyl sites for hydroxylation is 1. The third-order valence-electron chi connectivity index (χ3n) is 1.65. The highest BCUT2D eigenvalue weighted by molar-refractivity contribution is 5.42. The first-order chi connectivity index (χ1) is 6.22. The van der Waals surface area contributed by atoms with Crippen LogP contribution in [0, 0.1) is 6.92 Å². The molecular weight excluding hydrogens is 168 g/mol. The number of rotatable bonds is 4. The lowest BCUT2D eigenvalue weighted by molar-refractivity contribution is 0.105. The number of nitrogens with zero attached hydrogens (tertiary/aromatic N) is 1. The second kappa shape index (κ2) is 4.79. The topological polar surface area (TPSA) is 65.4 Å². The molecule has 3 N–H and O–H groups in total. The summed E-state index contributed by atoms with van der Waals surface area (Å²) < 4.78 is 0. The van der Waals surface area contributed by atoms with Crippen molar-refractivity contribution in [2.24, 2.45) is 0 Å². The number of anilines is 1. The molecule has 0 aromatic carbocycles. The Kier molecular flexibility index (Phi) is 3.67. The lowest BCUT2D eigenvalue weighted by atomic mass is 10.3. The van der Waals surface area contributed by atoms with Crippen LogP contribution in [-0.4, -0.2) is 34.5 Å². The number of pyridine rings is 1. The van der Waals surface area contributed by atoms with E-state index in [0.717, 1.165) is 11.4 Å². The molecule has 13 heavy (non-hydrogen) atoms. The van der Waals surface area contributed by atoms with E-state index in [0.29, 0.717) is 6.54 Å². The minimum absolute atomic E-state index is 0.225. The zero-order valence-electron chi connectivity index (χ0n) is 7.57. The second-order valence-corrected chi connectivity index (χ2v) is 2.90. The van der Waals surface area contributed by atoms with Crippen LogP contribution in [-0.2, 0) is 0 Å². The SMILES string of the molecule is Cc1cc(NCC(O)CO)ccn1. The fraction of sp³-hybridized carbons (Fsp3) is 0.444. The molecule has 0 saturated heterocycles. The maximum atomic E-state index is 9.06. The van der Waals surface area contributed by atoms with E-state index >= 15 is 0 Å². The van der Waals surface area contributed by atoms with Gasteiger partial charge in [0.2, 0.25) is 0 Å². The first-order valence-corrected chi connectivity index (χ1v) is 4.18. The Labute approximate surface area is 77.2 Å². The summed E-state index contributed by atoms with van der Waals surface area (Å²) >= 11 is 0. The molecule has 0 aliphatic carbocycles. The highest BCUT2D eigenvalue weighted by atomic mass is 16.3. The molecule has 0 fully saturated rings. The van der Waals surface area contributed by atoms with Crippen LogP contribution in [0.15, 0.2) is 18.3 Å². The average Bonchev–Trinajstić information content (AvgIpc) is 2.14. The Hall–Kier alpha value is -1.13. The molecule has 0 aliphatic rings. The molecule has 4 nitrogen and oxygen atoms in total. The third-order valence-corrected chi connectivity index (χ3v) is 1.65. The Bertz CT molecular complexity index is 266. The molecule has 0 spiro atoms. The van der Waals surface area contributed by atoms with Gasteiger partial charge < -0.3 is 15.5 Å². The van der Waals surface area contributed by atoms with Gasteiger partial charge in [0.25, 0.3) is 0 Å². The first kappa shape index (κ1) is 9.95. The molecule has 0 saturated carbocycles. The van der Waals surface area contributed by atoms with Crippen LogP contribution in [0.25, 0.3) is 0 Å². The predicted molar refractivity (Wildman–Crippen MR) is 50.6 cm³/mol. The molecular formula is C9H14N2O2. The molecule has 72 valence electrons. The van der Waals surface area contributed by atoms with Crippen LogP contribution in [0.2, 0.25) is 0 Å². The number of hydrogen-bond acceptors (Lipinski definition) is 4. The highest BCUT2D eigenvalue weighted by Crippen LogP contribution is 2.06. The first-order valence-electron chi connectivity index (χ1n) is 4.18. The summed E-state index contributed by atoms with van der Waals surface area (Å²) in [5.74, 6) is 0.